The molecule has 5 nitrogen and oxygen atoms in total. The standard InChI is InChI=1S/C14H8N2O3/c15-9-10-1-3-11(4-2-10)14(17)12-5-7-13(8-6-12)16(18)19/h1-8H. The van der Waals surface area contributed by atoms with E-state index in [1.807, 2.05) is 6.07 Å². The normalized spacial score (nSPS) is 9.63. The molecular weight excluding hydrogens is 244 g/mol. The fourth-order valence-electron chi connectivity index (χ4n) is 1.60. The number of nitro benzene ring substituents is 1. The molecule has 0 heterocycles. The van der Waals surface area contributed by atoms with Crippen LogP contribution in [0.25, 0.3) is 0 Å². The summed E-state index contributed by atoms with van der Waals surface area (Å²) in [6.45, 7) is 0. The Morgan fingerprint density at radius 2 is 1.47 bits per heavy atom. The molecule has 0 bridgehead atoms. The molecule has 0 aliphatic heterocycles. The summed E-state index contributed by atoms with van der Waals surface area (Å²) in [6.07, 6.45) is 0. The molecule has 0 unspecified atom stereocenters. The molecule has 92 valence electrons. The number of benzene rings is 2. The highest BCUT2D eigenvalue weighted by Crippen LogP contribution is 2.15. The van der Waals surface area contributed by atoms with E-state index in [0.717, 1.165) is 0 Å². The Labute approximate surface area is 108 Å². The molecule has 0 aliphatic carbocycles. The van der Waals surface area contributed by atoms with Crippen molar-refractivity contribution >= 4 is 11.5 Å². The maximum atomic E-state index is 12.1. The number of nitrogens with zero attached hydrogens (tertiary/aromatic N) is 2. The lowest BCUT2D eigenvalue weighted by Gasteiger charge is -2.01. The third-order valence-electron chi connectivity index (χ3n) is 2.62. The molecular formula is C14H8N2O3. The molecule has 2 aromatic carbocycles. The first-order chi connectivity index (χ1) is 9.11. The Hall–Kier alpha value is -3.00. The minimum Gasteiger partial charge on any atom is -0.289 e. The van der Waals surface area contributed by atoms with Gasteiger partial charge in [0.25, 0.3) is 5.69 Å². The second-order valence-corrected chi connectivity index (χ2v) is 3.82. The molecule has 0 aliphatic rings. The summed E-state index contributed by atoms with van der Waals surface area (Å²) in [5.41, 5.74) is 1.22. The van der Waals surface area contributed by atoms with Crippen LogP contribution in [0.15, 0.2) is 48.5 Å². The smallest absolute Gasteiger partial charge is 0.269 e. The molecule has 0 saturated carbocycles. The van der Waals surface area contributed by atoms with E-state index in [-0.39, 0.29) is 11.5 Å². The monoisotopic (exact) mass is 252 g/mol. The number of hydrogen-bond donors (Lipinski definition) is 0. The van der Waals surface area contributed by atoms with E-state index in [1.165, 1.54) is 24.3 Å². The van der Waals surface area contributed by atoms with Crippen molar-refractivity contribution in [2.45, 2.75) is 0 Å². The number of rotatable bonds is 3. The van der Waals surface area contributed by atoms with Crippen LogP contribution in [0.4, 0.5) is 5.69 Å². The van der Waals surface area contributed by atoms with E-state index in [1.54, 1.807) is 24.3 Å². The average molecular weight is 252 g/mol. The Morgan fingerprint density at radius 1 is 1.00 bits per heavy atom. The quantitative estimate of drug-likeness (QED) is 0.477. The summed E-state index contributed by atoms with van der Waals surface area (Å²) in [4.78, 5) is 22.1. The van der Waals surface area contributed by atoms with Crippen LogP contribution in [-0.4, -0.2) is 10.7 Å². The third kappa shape index (κ3) is 2.64. The summed E-state index contributed by atoms with van der Waals surface area (Å²) >= 11 is 0. The predicted octanol–water partition coefficient (Wildman–Crippen LogP) is 2.70. The topological polar surface area (TPSA) is 84.0 Å². The van der Waals surface area contributed by atoms with Crippen molar-refractivity contribution in [2.24, 2.45) is 0 Å². The Balaban J connectivity index is 2.28. The minimum absolute atomic E-state index is 0.0589. The van der Waals surface area contributed by atoms with E-state index in [9.17, 15) is 14.9 Å². The number of hydrogen-bond acceptors (Lipinski definition) is 4. The van der Waals surface area contributed by atoms with Gasteiger partial charge in [-0.1, -0.05) is 0 Å². The van der Waals surface area contributed by atoms with Gasteiger partial charge >= 0.3 is 0 Å². The second kappa shape index (κ2) is 5.10. The van der Waals surface area contributed by atoms with Crippen LogP contribution in [0.5, 0.6) is 0 Å². The van der Waals surface area contributed by atoms with Crippen molar-refractivity contribution in [1.82, 2.24) is 0 Å². The van der Waals surface area contributed by atoms with Crippen molar-refractivity contribution in [3.63, 3.8) is 0 Å². The lowest BCUT2D eigenvalue weighted by atomic mass is 10.0. The number of nitro groups is 1. The summed E-state index contributed by atoms with van der Waals surface area (Å²) in [5.74, 6) is -0.237. The van der Waals surface area contributed by atoms with Crippen LogP contribution in [0, 0.1) is 21.4 Å². The van der Waals surface area contributed by atoms with Crippen molar-refractivity contribution in [1.29, 1.82) is 5.26 Å². The summed E-state index contributed by atoms with van der Waals surface area (Å²) in [6, 6.07) is 13.6. The minimum atomic E-state index is -0.518. The van der Waals surface area contributed by atoms with Gasteiger partial charge in [-0.3, -0.25) is 14.9 Å². The number of ketones is 1. The summed E-state index contributed by atoms with van der Waals surface area (Å²) < 4.78 is 0. The lowest BCUT2D eigenvalue weighted by Crippen LogP contribution is -2.01. The SMILES string of the molecule is N#Cc1ccc(C(=O)c2ccc([N+](=O)[O-])cc2)cc1. The average Bonchev–Trinajstić information content (AvgIpc) is 2.46. The van der Waals surface area contributed by atoms with Gasteiger partial charge in [0.15, 0.2) is 5.78 Å². The van der Waals surface area contributed by atoms with Crippen LogP contribution in [0.1, 0.15) is 21.5 Å². The zero-order valence-electron chi connectivity index (χ0n) is 9.74. The predicted molar refractivity (Wildman–Crippen MR) is 67.7 cm³/mol. The first-order valence-electron chi connectivity index (χ1n) is 5.41. The molecule has 5 heteroatoms. The van der Waals surface area contributed by atoms with Gasteiger partial charge in [0.05, 0.1) is 16.6 Å². The van der Waals surface area contributed by atoms with Crippen LogP contribution in [0.2, 0.25) is 0 Å². The number of carbonyl (C=O) groups is 1. The highest BCUT2D eigenvalue weighted by Gasteiger charge is 2.11. The van der Waals surface area contributed by atoms with Gasteiger partial charge in [-0.2, -0.15) is 5.26 Å². The fourth-order valence-corrected chi connectivity index (χ4v) is 1.60. The Kier molecular flexibility index (Phi) is 3.35. The first-order valence-corrected chi connectivity index (χ1v) is 5.41. The van der Waals surface area contributed by atoms with Crippen molar-refractivity contribution < 1.29 is 9.72 Å². The molecule has 0 radical (unpaired) electrons. The van der Waals surface area contributed by atoms with Crippen LogP contribution in [0.3, 0.4) is 0 Å². The lowest BCUT2D eigenvalue weighted by molar-refractivity contribution is -0.384. The molecule has 0 spiro atoms. The molecule has 0 aromatic heterocycles. The van der Waals surface area contributed by atoms with Gasteiger partial charge in [-0.15, -0.1) is 0 Å². The molecule has 0 N–H and O–H groups in total. The van der Waals surface area contributed by atoms with Crippen LogP contribution < -0.4 is 0 Å². The van der Waals surface area contributed by atoms with E-state index in [0.29, 0.717) is 16.7 Å². The van der Waals surface area contributed by atoms with Gasteiger partial charge in [-0.25, -0.2) is 0 Å². The molecule has 0 saturated heterocycles. The molecule has 0 fully saturated rings. The zero-order chi connectivity index (χ0) is 13.8. The summed E-state index contributed by atoms with van der Waals surface area (Å²) in [5, 5.41) is 19.2. The van der Waals surface area contributed by atoms with Gasteiger partial charge in [-0.05, 0) is 36.4 Å². The number of nitriles is 1. The largest absolute Gasteiger partial charge is 0.289 e. The first kappa shape index (κ1) is 12.5. The van der Waals surface area contributed by atoms with Crippen LogP contribution in [-0.2, 0) is 0 Å². The third-order valence-corrected chi connectivity index (χ3v) is 2.62. The summed E-state index contributed by atoms with van der Waals surface area (Å²) in [7, 11) is 0. The second-order valence-electron chi connectivity index (χ2n) is 3.82. The van der Waals surface area contributed by atoms with E-state index >= 15 is 0 Å². The van der Waals surface area contributed by atoms with Crippen molar-refractivity contribution in [3.05, 3.63) is 75.3 Å². The molecule has 0 amide bonds. The highest BCUT2D eigenvalue weighted by atomic mass is 16.6. The molecule has 19 heavy (non-hydrogen) atoms. The maximum Gasteiger partial charge on any atom is 0.269 e. The van der Waals surface area contributed by atoms with Gasteiger partial charge in [0.1, 0.15) is 0 Å². The Bertz CT molecular complexity index is 667. The van der Waals surface area contributed by atoms with Crippen molar-refractivity contribution in [3.8, 4) is 6.07 Å². The fraction of sp³-hybridized carbons (Fsp3) is 0. The van der Waals surface area contributed by atoms with E-state index in [2.05, 4.69) is 0 Å². The highest BCUT2D eigenvalue weighted by molar-refractivity contribution is 6.09. The Morgan fingerprint density at radius 3 is 1.89 bits per heavy atom. The van der Waals surface area contributed by atoms with E-state index in [4.69, 9.17) is 5.26 Å². The molecule has 2 aromatic rings. The molecule has 0 atom stereocenters. The van der Waals surface area contributed by atoms with Gasteiger partial charge in [0, 0.05) is 23.3 Å². The van der Waals surface area contributed by atoms with Crippen LogP contribution >= 0.6 is 0 Å². The number of non-ortho nitro benzene ring substituents is 1. The maximum absolute atomic E-state index is 12.1. The van der Waals surface area contributed by atoms with E-state index < -0.39 is 4.92 Å². The number of carbonyl (C=O) groups excluding carboxylic acids is 1. The van der Waals surface area contributed by atoms with Gasteiger partial charge in [0.2, 0.25) is 0 Å². The van der Waals surface area contributed by atoms with Gasteiger partial charge < -0.3 is 0 Å². The van der Waals surface area contributed by atoms with Crippen molar-refractivity contribution in [2.75, 3.05) is 0 Å². The zero-order valence-corrected chi connectivity index (χ0v) is 9.74. The molecule has 2 rings (SSSR count).